The van der Waals surface area contributed by atoms with Crippen LogP contribution in [0.4, 0.5) is 5.69 Å². The molecule has 24 heavy (non-hydrogen) atoms. The Morgan fingerprint density at radius 1 is 1.12 bits per heavy atom. The molecule has 0 radical (unpaired) electrons. The van der Waals surface area contributed by atoms with Crippen LogP contribution in [0.3, 0.4) is 0 Å². The third-order valence-electron chi connectivity index (χ3n) is 3.55. The Balaban J connectivity index is 1.98. The fourth-order valence-electron chi connectivity index (χ4n) is 2.43. The molecule has 0 saturated carbocycles. The first-order chi connectivity index (χ1) is 11.5. The predicted octanol–water partition coefficient (Wildman–Crippen LogP) is 2.82. The number of hydroxylamine groups is 1. The zero-order valence-electron chi connectivity index (χ0n) is 12.7. The molecule has 6 nitrogen and oxygen atoms in total. The van der Waals surface area contributed by atoms with E-state index in [1.54, 1.807) is 31.2 Å². The quantitative estimate of drug-likeness (QED) is 0.683. The summed E-state index contributed by atoms with van der Waals surface area (Å²) in [5.74, 6) is -1.48. The molecule has 0 bridgehead atoms. The van der Waals surface area contributed by atoms with Gasteiger partial charge in [0, 0.05) is 5.56 Å². The molecule has 3 amide bonds. The number of anilines is 1. The highest BCUT2D eigenvalue weighted by Gasteiger charge is 2.38. The number of carbonyl (C=O) groups is 3. The van der Waals surface area contributed by atoms with E-state index in [1.807, 2.05) is 0 Å². The third kappa shape index (κ3) is 2.66. The molecule has 7 heteroatoms. The van der Waals surface area contributed by atoms with Crippen LogP contribution < -0.4 is 10.4 Å². The van der Waals surface area contributed by atoms with Crippen molar-refractivity contribution >= 4 is 35.0 Å². The summed E-state index contributed by atoms with van der Waals surface area (Å²) in [5.41, 5.74) is 3.17. The molecule has 0 fully saturated rings. The largest absolute Gasteiger partial charge is 0.274 e. The third-order valence-corrected chi connectivity index (χ3v) is 3.87. The number of halogens is 1. The van der Waals surface area contributed by atoms with Crippen molar-refractivity contribution in [1.82, 2.24) is 5.48 Å². The van der Waals surface area contributed by atoms with Gasteiger partial charge in [-0.15, -0.1) is 0 Å². The molecule has 0 saturated heterocycles. The van der Waals surface area contributed by atoms with Crippen molar-refractivity contribution in [3.8, 4) is 0 Å². The van der Waals surface area contributed by atoms with Crippen LogP contribution in [0.2, 0.25) is 5.02 Å². The molecule has 0 aromatic heterocycles. The van der Waals surface area contributed by atoms with Crippen LogP contribution in [0.15, 0.2) is 42.5 Å². The summed E-state index contributed by atoms with van der Waals surface area (Å²) in [6.07, 6.45) is 0. The summed E-state index contributed by atoms with van der Waals surface area (Å²) in [4.78, 5) is 43.0. The molecule has 2 aromatic rings. The molecular weight excluding hydrogens is 332 g/mol. The van der Waals surface area contributed by atoms with Gasteiger partial charge in [-0.25, -0.2) is 10.4 Å². The molecule has 0 unspecified atom stereocenters. The first-order valence-corrected chi connectivity index (χ1v) is 7.62. The Bertz CT molecular complexity index is 850. The van der Waals surface area contributed by atoms with E-state index in [4.69, 9.17) is 16.4 Å². The molecule has 2 aromatic carbocycles. The average molecular weight is 345 g/mol. The molecule has 1 aliphatic heterocycles. The summed E-state index contributed by atoms with van der Waals surface area (Å²) in [7, 11) is 0. The number of amides is 3. The minimum Gasteiger partial charge on any atom is -0.274 e. The second-order valence-electron chi connectivity index (χ2n) is 5.02. The SMILES string of the molecule is CCONC(=O)c1ccc2c(c1)C(=O)N(c1ccccc1Cl)C2=O. The van der Waals surface area contributed by atoms with Gasteiger partial charge in [-0.3, -0.25) is 19.2 Å². The number of rotatable bonds is 4. The number of carbonyl (C=O) groups excluding carboxylic acids is 3. The number of hydrogen-bond donors (Lipinski definition) is 1. The standard InChI is InChI=1S/C17H13ClN2O4/c1-2-24-19-15(21)10-7-8-11-12(9-10)17(23)20(16(11)22)14-6-4-3-5-13(14)18/h3-9H,2H2,1H3,(H,19,21). The molecule has 1 heterocycles. The van der Waals surface area contributed by atoms with Crippen LogP contribution in [-0.4, -0.2) is 24.3 Å². The van der Waals surface area contributed by atoms with Gasteiger partial charge in [0.15, 0.2) is 0 Å². The average Bonchev–Trinajstić information content (AvgIpc) is 2.84. The molecule has 3 rings (SSSR count). The van der Waals surface area contributed by atoms with Crippen LogP contribution in [-0.2, 0) is 4.84 Å². The van der Waals surface area contributed by atoms with Crippen LogP contribution in [0.5, 0.6) is 0 Å². The number of benzene rings is 2. The Labute approximate surface area is 142 Å². The van der Waals surface area contributed by atoms with E-state index in [2.05, 4.69) is 5.48 Å². The zero-order chi connectivity index (χ0) is 17.3. The van der Waals surface area contributed by atoms with E-state index < -0.39 is 17.7 Å². The molecular formula is C17H13ClN2O4. The second kappa shape index (κ2) is 6.43. The smallest absolute Gasteiger partial charge is 0.274 e. The maximum atomic E-state index is 12.6. The lowest BCUT2D eigenvalue weighted by Gasteiger charge is -2.15. The minimum atomic E-state index is -0.519. The highest BCUT2D eigenvalue weighted by atomic mass is 35.5. The fraction of sp³-hybridized carbons (Fsp3) is 0.118. The number of nitrogens with one attached hydrogen (secondary N) is 1. The predicted molar refractivity (Wildman–Crippen MR) is 88.1 cm³/mol. The van der Waals surface area contributed by atoms with E-state index in [-0.39, 0.29) is 16.7 Å². The van der Waals surface area contributed by atoms with Crippen molar-refractivity contribution in [2.45, 2.75) is 6.92 Å². The van der Waals surface area contributed by atoms with Crippen molar-refractivity contribution in [2.75, 3.05) is 11.5 Å². The Morgan fingerprint density at radius 2 is 1.83 bits per heavy atom. The van der Waals surface area contributed by atoms with Gasteiger partial charge in [0.05, 0.1) is 28.4 Å². The van der Waals surface area contributed by atoms with Crippen LogP contribution >= 0.6 is 11.6 Å². The topological polar surface area (TPSA) is 75.7 Å². The fourth-order valence-corrected chi connectivity index (χ4v) is 2.65. The van der Waals surface area contributed by atoms with Crippen molar-refractivity contribution in [2.24, 2.45) is 0 Å². The Kier molecular flexibility index (Phi) is 4.33. The normalized spacial score (nSPS) is 13.2. The van der Waals surface area contributed by atoms with E-state index in [0.717, 1.165) is 4.90 Å². The van der Waals surface area contributed by atoms with Gasteiger partial charge in [0.25, 0.3) is 17.7 Å². The summed E-state index contributed by atoms with van der Waals surface area (Å²) in [6.45, 7) is 2.04. The van der Waals surface area contributed by atoms with E-state index in [0.29, 0.717) is 17.3 Å². The van der Waals surface area contributed by atoms with Gasteiger partial charge < -0.3 is 0 Å². The molecule has 0 aliphatic carbocycles. The van der Waals surface area contributed by atoms with E-state index in [9.17, 15) is 14.4 Å². The second-order valence-corrected chi connectivity index (χ2v) is 5.43. The maximum absolute atomic E-state index is 12.6. The van der Waals surface area contributed by atoms with Crippen molar-refractivity contribution < 1.29 is 19.2 Å². The number of fused-ring (bicyclic) bond motifs is 1. The Morgan fingerprint density at radius 3 is 2.54 bits per heavy atom. The Hall–Kier alpha value is -2.70. The molecule has 122 valence electrons. The summed E-state index contributed by atoms with van der Waals surface area (Å²) in [5, 5.41) is 0.293. The summed E-state index contributed by atoms with van der Waals surface area (Å²) < 4.78 is 0. The van der Waals surface area contributed by atoms with Gasteiger partial charge in [-0.05, 0) is 37.3 Å². The van der Waals surface area contributed by atoms with Gasteiger partial charge >= 0.3 is 0 Å². The molecule has 0 atom stereocenters. The first kappa shape index (κ1) is 16.2. The van der Waals surface area contributed by atoms with Crippen molar-refractivity contribution in [1.29, 1.82) is 0 Å². The monoisotopic (exact) mass is 344 g/mol. The zero-order valence-corrected chi connectivity index (χ0v) is 13.5. The van der Waals surface area contributed by atoms with E-state index >= 15 is 0 Å². The number of imide groups is 1. The van der Waals surface area contributed by atoms with Gasteiger partial charge in [-0.2, -0.15) is 0 Å². The first-order valence-electron chi connectivity index (χ1n) is 7.24. The highest BCUT2D eigenvalue weighted by Crippen LogP contribution is 2.33. The lowest BCUT2D eigenvalue weighted by molar-refractivity contribution is 0.0364. The number of hydrogen-bond acceptors (Lipinski definition) is 4. The summed E-state index contributed by atoms with van der Waals surface area (Å²) >= 11 is 6.09. The van der Waals surface area contributed by atoms with Crippen LogP contribution in [0, 0.1) is 0 Å². The van der Waals surface area contributed by atoms with Crippen molar-refractivity contribution in [3.05, 3.63) is 64.2 Å². The maximum Gasteiger partial charge on any atom is 0.274 e. The lowest BCUT2D eigenvalue weighted by Crippen LogP contribution is -2.29. The van der Waals surface area contributed by atoms with Crippen LogP contribution in [0.1, 0.15) is 38.0 Å². The van der Waals surface area contributed by atoms with Crippen molar-refractivity contribution in [3.63, 3.8) is 0 Å². The molecule has 1 aliphatic rings. The minimum absolute atomic E-state index is 0.157. The van der Waals surface area contributed by atoms with Gasteiger partial charge in [0.1, 0.15) is 0 Å². The molecule has 1 N–H and O–H groups in total. The van der Waals surface area contributed by atoms with Gasteiger partial charge in [0.2, 0.25) is 0 Å². The number of para-hydroxylation sites is 1. The lowest BCUT2D eigenvalue weighted by atomic mass is 10.1. The van der Waals surface area contributed by atoms with Gasteiger partial charge in [-0.1, -0.05) is 23.7 Å². The highest BCUT2D eigenvalue weighted by molar-refractivity contribution is 6.39. The van der Waals surface area contributed by atoms with Crippen LogP contribution in [0.25, 0.3) is 0 Å². The number of nitrogens with zero attached hydrogens (tertiary/aromatic N) is 1. The summed E-state index contributed by atoms with van der Waals surface area (Å²) in [6, 6.07) is 10.9. The molecule has 0 spiro atoms. The van der Waals surface area contributed by atoms with E-state index in [1.165, 1.54) is 18.2 Å².